The van der Waals surface area contributed by atoms with E-state index >= 15 is 0 Å². The van der Waals surface area contributed by atoms with Crippen LogP contribution in [0.4, 0.5) is 5.69 Å². The highest BCUT2D eigenvalue weighted by Crippen LogP contribution is 2.19. The molecule has 0 saturated carbocycles. The van der Waals surface area contributed by atoms with Crippen LogP contribution in [0.25, 0.3) is 0 Å². The molecule has 1 aromatic rings. The minimum atomic E-state index is -3.39. The summed E-state index contributed by atoms with van der Waals surface area (Å²) in [6.07, 6.45) is 2.67. The Labute approximate surface area is 145 Å². The Bertz CT molecular complexity index is 656. The van der Waals surface area contributed by atoms with Crippen LogP contribution in [0, 0.1) is 11.8 Å². The fraction of sp³-hybridized carbons (Fsp3) is 0.500. The quantitative estimate of drug-likeness (QED) is 0.731. The van der Waals surface area contributed by atoms with Crippen LogP contribution in [0.15, 0.2) is 36.9 Å². The predicted octanol–water partition coefficient (Wildman–Crippen LogP) is 3.05. The first-order chi connectivity index (χ1) is 11.1. The van der Waals surface area contributed by atoms with Crippen molar-refractivity contribution in [2.24, 2.45) is 11.8 Å². The number of carbonyl (C=O) groups excluding carboxylic acids is 1. The van der Waals surface area contributed by atoms with E-state index in [1.54, 1.807) is 24.3 Å². The van der Waals surface area contributed by atoms with Crippen molar-refractivity contribution < 1.29 is 13.2 Å². The first-order valence-corrected chi connectivity index (χ1v) is 9.92. The maximum atomic E-state index is 12.4. The van der Waals surface area contributed by atoms with Crippen LogP contribution >= 0.6 is 0 Å². The van der Waals surface area contributed by atoms with E-state index in [9.17, 15) is 13.2 Å². The summed E-state index contributed by atoms with van der Waals surface area (Å²) in [5, 5.41) is 3.05. The number of anilines is 1. The van der Waals surface area contributed by atoms with Crippen molar-refractivity contribution in [3.63, 3.8) is 0 Å². The molecule has 0 fully saturated rings. The zero-order chi connectivity index (χ0) is 18.5. The summed E-state index contributed by atoms with van der Waals surface area (Å²) in [7, 11) is -3.39. The van der Waals surface area contributed by atoms with Crippen LogP contribution < -0.4 is 9.62 Å². The summed E-state index contributed by atoms with van der Waals surface area (Å²) < 4.78 is 24.9. The van der Waals surface area contributed by atoms with Crippen molar-refractivity contribution in [1.29, 1.82) is 0 Å². The second kappa shape index (κ2) is 8.33. The Kier molecular flexibility index (Phi) is 7.02. The normalized spacial score (nSPS) is 11.8. The number of hydrogen-bond acceptors (Lipinski definition) is 3. The lowest BCUT2D eigenvalue weighted by Crippen LogP contribution is -2.42. The molecule has 1 amide bonds. The van der Waals surface area contributed by atoms with Crippen molar-refractivity contribution in [1.82, 2.24) is 5.32 Å². The third-order valence-corrected chi connectivity index (χ3v) is 5.01. The summed E-state index contributed by atoms with van der Waals surface area (Å²) in [5.41, 5.74) is 1.02. The minimum absolute atomic E-state index is 0.0884. The third-order valence-electron chi connectivity index (χ3n) is 3.85. The summed E-state index contributed by atoms with van der Waals surface area (Å²) in [4.78, 5) is 12.4. The number of carbonyl (C=O) groups is 1. The van der Waals surface area contributed by atoms with Crippen LogP contribution in [0.5, 0.6) is 0 Å². The second-order valence-corrected chi connectivity index (χ2v) is 8.52. The van der Waals surface area contributed by atoms with Crippen molar-refractivity contribution >= 4 is 21.6 Å². The Morgan fingerprint density at radius 1 is 1.17 bits per heavy atom. The molecule has 134 valence electrons. The molecule has 0 bridgehead atoms. The van der Waals surface area contributed by atoms with Gasteiger partial charge >= 0.3 is 0 Å². The average Bonchev–Trinajstić information content (AvgIpc) is 2.48. The van der Waals surface area contributed by atoms with E-state index < -0.39 is 10.0 Å². The highest BCUT2D eigenvalue weighted by atomic mass is 32.2. The second-order valence-electron chi connectivity index (χ2n) is 6.62. The zero-order valence-corrected chi connectivity index (χ0v) is 15.9. The van der Waals surface area contributed by atoms with E-state index in [-0.39, 0.29) is 18.5 Å². The highest BCUT2D eigenvalue weighted by molar-refractivity contribution is 7.92. The van der Waals surface area contributed by atoms with Crippen LogP contribution in [0.3, 0.4) is 0 Å². The van der Waals surface area contributed by atoms with E-state index in [1.165, 1.54) is 10.4 Å². The Hall–Kier alpha value is -1.82. The molecule has 1 N–H and O–H groups in total. The molecule has 0 atom stereocenters. The monoisotopic (exact) mass is 352 g/mol. The van der Waals surface area contributed by atoms with Gasteiger partial charge in [0.25, 0.3) is 5.91 Å². The van der Waals surface area contributed by atoms with Crippen molar-refractivity contribution in [3.05, 3.63) is 42.5 Å². The molecular formula is C18H28N2O3S. The summed E-state index contributed by atoms with van der Waals surface area (Å²) >= 11 is 0. The number of benzene rings is 1. The molecule has 0 radical (unpaired) electrons. The summed E-state index contributed by atoms with van der Waals surface area (Å²) in [6.45, 7) is 12.1. The van der Waals surface area contributed by atoms with Crippen molar-refractivity contribution in [2.75, 3.05) is 17.1 Å². The third kappa shape index (κ3) is 5.37. The lowest BCUT2D eigenvalue weighted by molar-refractivity contribution is 0.0910. The van der Waals surface area contributed by atoms with E-state index in [1.807, 2.05) is 0 Å². The highest BCUT2D eigenvalue weighted by Gasteiger charge is 2.21. The molecule has 24 heavy (non-hydrogen) atoms. The van der Waals surface area contributed by atoms with Crippen LogP contribution in [-0.2, 0) is 10.0 Å². The molecule has 0 aliphatic rings. The zero-order valence-electron chi connectivity index (χ0n) is 15.1. The summed E-state index contributed by atoms with van der Waals surface area (Å²) in [5.74, 6) is 0.520. The molecule has 6 heteroatoms. The molecule has 0 heterocycles. The molecule has 0 aromatic heterocycles. The lowest BCUT2D eigenvalue weighted by Gasteiger charge is -2.26. The maximum Gasteiger partial charge on any atom is 0.251 e. The van der Waals surface area contributed by atoms with Gasteiger partial charge < -0.3 is 5.32 Å². The lowest BCUT2D eigenvalue weighted by atomic mass is 9.93. The van der Waals surface area contributed by atoms with E-state index in [4.69, 9.17) is 0 Å². The van der Waals surface area contributed by atoms with Crippen LogP contribution in [0.1, 0.15) is 38.1 Å². The van der Waals surface area contributed by atoms with Gasteiger partial charge in [0.2, 0.25) is 10.0 Å². The molecule has 0 aliphatic heterocycles. The Morgan fingerprint density at radius 2 is 1.67 bits per heavy atom. The number of rotatable bonds is 8. The SMILES string of the molecule is C=CCN(c1ccc(C(=O)NC(C(C)C)C(C)C)cc1)S(C)(=O)=O. The number of nitrogens with zero attached hydrogens (tertiary/aromatic N) is 1. The topological polar surface area (TPSA) is 66.5 Å². The molecular weight excluding hydrogens is 324 g/mol. The van der Waals surface area contributed by atoms with E-state index in [0.717, 1.165) is 6.26 Å². The first kappa shape index (κ1) is 20.2. The van der Waals surface area contributed by atoms with Gasteiger partial charge in [-0.15, -0.1) is 6.58 Å². The standard InChI is InChI=1S/C18H28N2O3S/c1-7-12-20(24(6,22)23)16-10-8-15(9-11-16)18(21)19-17(13(2)3)14(4)5/h7-11,13-14,17H,1,12H2,2-6H3,(H,19,21). The minimum Gasteiger partial charge on any atom is -0.349 e. The fourth-order valence-electron chi connectivity index (χ4n) is 2.67. The Morgan fingerprint density at radius 3 is 2.04 bits per heavy atom. The number of nitrogens with one attached hydrogen (secondary N) is 1. The molecule has 0 saturated heterocycles. The van der Waals surface area contributed by atoms with Gasteiger partial charge in [0, 0.05) is 11.6 Å². The largest absolute Gasteiger partial charge is 0.349 e. The molecule has 0 spiro atoms. The van der Waals surface area contributed by atoms with Gasteiger partial charge in [-0.25, -0.2) is 8.42 Å². The van der Waals surface area contributed by atoms with Gasteiger partial charge in [0.1, 0.15) is 0 Å². The van der Waals surface area contributed by atoms with Crippen LogP contribution in [-0.4, -0.2) is 33.2 Å². The van der Waals surface area contributed by atoms with E-state index in [2.05, 4.69) is 39.6 Å². The van der Waals surface area contributed by atoms with Gasteiger partial charge in [0.15, 0.2) is 0 Å². The van der Waals surface area contributed by atoms with Gasteiger partial charge in [-0.2, -0.15) is 0 Å². The number of amides is 1. The number of sulfonamides is 1. The van der Waals surface area contributed by atoms with E-state index in [0.29, 0.717) is 23.1 Å². The van der Waals surface area contributed by atoms with Crippen molar-refractivity contribution in [2.45, 2.75) is 33.7 Å². The fourth-order valence-corrected chi connectivity index (χ4v) is 3.55. The molecule has 1 rings (SSSR count). The summed E-state index contributed by atoms with van der Waals surface area (Å²) in [6, 6.07) is 6.65. The maximum absolute atomic E-state index is 12.4. The first-order valence-electron chi connectivity index (χ1n) is 8.07. The van der Waals surface area contributed by atoms with Gasteiger partial charge in [0.05, 0.1) is 18.5 Å². The smallest absolute Gasteiger partial charge is 0.251 e. The number of hydrogen-bond donors (Lipinski definition) is 1. The van der Waals surface area contributed by atoms with Gasteiger partial charge in [-0.3, -0.25) is 9.10 Å². The van der Waals surface area contributed by atoms with Crippen molar-refractivity contribution in [3.8, 4) is 0 Å². The van der Waals surface area contributed by atoms with Crippen LogP contribution in [0.2, 0.25) is 0 Å². The Balaban J connectivity index is 2.97. The van der Waals surface area contributed by atoms with Gasteiger partial charge in [-0.1, -0.05) is 33.8 Å². The average molecular weight is 353 g/mol. The predicted molar refractivity (Wildman–Crippen MR) is 99.8 cm³/mol. The molecule has 1 aromatic carbocycles. The van der Waals surface area contributed by atoms with Gasteiger partial charge in [-0.05, 0) is 36.1 Å². The molecule has 0 aliphatic carbocycles. The molecule has 5 nitrogen and oxygen atoms in total. The molecule has 0 unspecified atom stereocenters.